The Hall–Kier alpha value is -2.35. The summed E-state index contributed by atoms with van der Waals surface area (Å²) in [6.07, 6.45) is 11.4. The first-order chi connectivity index (χ1) is 13.2. The molecule has 5 nitrogen and oxygen atoms in total. The van der Waals surface area contributed by atoms with Crippen LogP contribution in [0.3, 0.4) is 0 Å². The van der Waals surface area contributed by atoms with Gasteiger partial charge in [0.15, 0.2) is 6.61 Å². The Morgan fingerprint density at radius 3 is 1.93 bits per heavy atom. The van der Waals surface area contributed by atoms with Crippen LogP contribution in [0, 0.1) is 11.3 Å². The van der Waals surface area contributed by atoms with Gasteiger partial charge in [0.1, 0.15) is 0 Å². The lowest BCUT2D eigenvalue weighted by Crippen LogP contribution is -2.50. The number of esters is 1. The van der Waals surface area contributed by atoms with E-state index in [-0.39, 0.29) is 12.5 Å². The smallest absolute Gasteiger partial charge is 0.338 e. The molecule has 0 heterocycles. The number of amides is 1. The molecule has 0 saturated heterocycles. The van der Waals surface area contributed by atoms with E-state index in [4.69, 9.17) is 10.00 Å². The minimum absolute atomic E-state index is 0.0594. The van der Waals surface area contributed by atoms with Crippen molar-refractivity contribution in [2.75, 3.05) is 6.61 Å². The lowest BCUT2D eigenvalue weighted by atomic mass is 9.88. The summed E-state index contributed by atoms with van der Waals surface area (Å²) < 4.78 is 5.31. The van der Waals surface area contributed by atoms with Crippen molar-refractivity contribution in [3.05, 3.63) is 35.4 Å². The molecule has 2 saturated carbocycles. The fraction of sp³-hybridized carbons (Fsp3) is 0.591. The summed E-state index contributed by atoms with van der Waals surface area (Å²) in [5, 5.41) is 8.84. The fourth-order valence-electron chi connectivity index (χ4n) is 4.39. The first-order valence-corrected chi connectivity index (χ1v) is 10.2. The van der Waals surface area contributed by atoms with Crippen LogP contribution in [0.15, 0.2) is 24.3 Å². The molecule has 2 aliphatic carbocycles. The van der Waals surface area contributed by atoms with E-state index in [1.807, 2.05) is 6.07 Å². The average molecular weight is 368 g/mol. The number of carbonyl (C=O) groups excluding carboxylic acids is 2. The van der Waals surface area contributed by atoms with E-state index in [0.29, 0.717) is 23.2 Å². The topological polar surface area (TPSA) is 70.4 Å². The number of rotatable bonds is 5. The molecular weight excluding hydrogens is 340 g/mol. The summed E-state index contributed by atoms with van der Waals surface area (Å²) in [6, 6.07) is 8.88. The molecule has 2 fully saturated rings. The van der Waals surface area contributed by atoms with Gasteiger partial charge in [-0.25, -0.2) is 4.79 Å². The second-order valence-corrected chi connectivity index (χ2v) is 7.65. The summed E-state index contributed by atoms with van der Waals surface area (Å²) >= 11 is 0. The number of hydrogen-bond donors (Lipinski definition) is 0. The zero-order valence-electron chi connectivity index (χ0n) is 15.9. The Morgan fingerprint density at radius 1 is 0.926 bits per heavy atom. The molecule has 0 spiro atoms. The largest absolute Gasteiger partial charge is 0.452 e. The summed E-state index contributed by atoms with van der Waals surface area (Å²) in [6.45, 7) is -0.203. The monoisotopic (exact) mass is 368 g/mol. The molecule has 0 bridgehead atoms. The average Bonchev–Trinajstić information content (AvgIpc) is 2.74. The zero-order valence-corrected chi connectivity index (χ0v) is 15.9. The van der Waals surface area contributed by atoms with Gasteiger partial charge in [0.05, 0.1) is 17.2 Å². The summed E-state index contributed by atoms with van der Waals surface area (Å²) in [5.41, 5.74) is 0.854. The Labute approximate surface area is 161 Å². The number of ether oxygens (including phenoxy) is 1. The van der Waals surface area contributed by atoms with Crippen LogP contribution in [0.1, 0.15) is 80.1 Å². The van der Waals surface area contributed by atoms with Gasteiger partial charge in [-0.1, -0.05) is 38.5 Å². The molecule has 0 radical (unpaired) electrons. The van der Waals surface area contributed by atoms with Gasteiger partial charge in [-0.2, -0.15) is 5.26 Å². The molecule has 0 N–H and O–H groups in total. The summed E-state index contributed by atoms with van der Waals surface area (Å²) in [5.74, 6) is -0.573. The first-order valence-electron chi connectivity index (χ1n) is 10.2. The van der Waals surface area contributed by atoms with Crippen LogP contribution in [0.4, 0.5) is 0 Å². The predicted molar refractivity (Wildman–Crippen MR) is 102 cm³/mol. The lowest BCUT2D eigenvalue weighted by molar-refractivity contribution is -0.141. The molecule has 144 valence electrons. The second-order valence-electron chi connectivity index (χ2n) is 7.65. The van der Waals surface area contributed by atoms with Crippen molar-refractivity contribution < 1.29 is 14.3 Å². The maximum absolute atomic E-state index is 13.0. The number of carbonyl (C=O) groups is 2. The van der Waals surface area contributed by atoms with Crippen LogP contribution in [-0.4, -0.2) is 35.5 Å². The highest BCUT2D eigenvalue weighted by Crippen LogP contribution is 2.30. The number of nitrogens with zero attached hydrogens (tertiary/aromatic N) is 2. The van der Waals surface area contributed by atoms with Crippen LogP contribution >= 0.6 is 0 Å². The highest BCUT2D eigenvalue weighted by molar-refractivity contribution is 5.91. The van der Waals surface area contributed by atoms with Crippen LogP contribution < -0.4 is 0 Å². The molecule has 0 atom stereocenters. The third-order valence-corrected chi connectivity index (χ3v) is 5.80. The Bertz CT molecular complexity index is 663. The van der Waals surface area contributed by atoms with E-state index >= 15 is 0 Å². The molecule has 0 aliphatic heterocycles. The SMILES string of the molecule is N#Cc1ccc(C(=O)OCC(=O)N(C2CCCCC2)C2CCCCC2)cc1. The van der Waals surface area contributed by atoms with E-state index in [2.05, 4.69) is 4.90 Å². The molecule has 1 amide bonds. The van der Waals surface area contributed by atoms with Crippen LogP contribution in [-0.2, 0) is 9.53 Å². The quantitative estimate of drug-likeness (QED) is 0.730. The standard InChI is InChI=1S/C22H28N2O3/c23-15-17-11-13-18(14-12-17)22(26)27-16-21(25)24(19-7-3-1-4-8-19)20-9-5-2-6-10-20/h11-14,19-20H,1-10,16H2. The van der Waals surface area contributed by atoms with Gasteiger partial charge in [-0.3, -0.25) is 4.79 Å². The highest BCUT2D eigenvalue weighted by Gasteiger charge is 2.32. The van der Waals surface area contributed by atoms with Crippen molar-refractivity contribution in [2.24, 2.45) is 0 Å². The summed E-state index contributed by atoms with van der Waals surface area (Å²) in [4.78, 5) is 27.3. The molecule has 0 aromatic heterocycles. The van der Waals surface area contributed by atoms with Crippen molar-refractivity contribution >= 4 is 11.9 Å². The highest BCUT2D eigenvalue weighted by atomic mass is 16.5. The van der Waals surface area contributed by atoms with Crippen molar-refractivity contribution in [1.29, 1.82) is 5.26 Å². The third kappa shape index (κ3) is 5.09. The Morgan fingerprint density at radius 2 is 1.44 bits per heavy atom. The first kappa shape index (κ1) is 19.4. The maximum atomic E-state index is 13.0. The van der Waals surface area contributed by atoms with Gasteiger partial charge in [0.2, 0.25) is 0 Å². The minimum atomic E-state index is -0.514. The molecule has 1 aromatic carbocycles. The predicted octanol–water partition coefficient (Wildman–Crippen LogP) is 4.21. The van der Waals surface area contributed by atoms with Gasteiger partial charge >= 0.3 is 5.97 Å². The van der Waals surface area contributed by atoms with Gasteiger partial charge in [0, 0.05) is 12.1 Å². The van der Waals surface area contributed by atoms with E-state index in [0.717, 1.165) is 25.7 Å². The molecule has 27 heavy (non-hydrogen) atoms. The summed E-state index contributed by atoms with van der Waals surface area (Å²) in [7, 11) is 0. The van der Waals surface area contributed by atoms with Crippen molar-refractivity contribution in [3.63, 3.8) is 0 Å². The molecule has 0 unspecified atom stereocenters. The number of benzene rings is 1. The van der Waals surface area contributed by atoms with Crippen molar-refractivity contribution in [2.45, 2.75) is 76.3 Å². The molecule has 1 aromatic rings. The van der Waals surface area contributed by atoms with Gasteiger partial charge in [-0.05, 0) is 49.9 Å². The van der Waals surface area contributed by atoms with Crippen LogP contribution in [0.25, 0.3) is 0 Å². The zero-order chi connectivity index (χ0) is 19.1. The molecule has 3 rings (SSSR count). The Balaban J connectivity index is 1.62. The van der Waals surface area contributed by atoms with E-state index in [1.54, 1.807) is 24.3 Å². The second kappa shape index (κ2) is 9.55. The Kier molecular flexibility index (Phi) is 6.86. The van der Waals surface area contributed by atoms with Crippen molar-refractivity contribution in [3.8, 4) is 6.07 Å². The lowest BCUT2D eigenvalue weighted by Gasteiger charge is -2.41. The van der Waals surface area contributed by atoms with Crippen molar-refractivity contribution in [1.82, 2.24) is 4.90 Å². The number of nitriles is 1. The third-order valence-electron chi connectivity index (χ3n) is 5.80. The van der Waals surface area contributed by atoms with E-state index in [1.165, 1.54) is 38.5 Å². The molecule has 5 heteroatoms. The van der Waals surface area contributed by atoms with E-state index in [9.17, 15) is 9.59 Å². The van der Waals surface area contributed by atoms with Crippen LogP contribution in [0.2, 0.25) is 0 Å². The fourth-order valence-corrected chi connectivity index (χ4v) is 4.39. The normalized spacial score (nSPS) is 18.5. The van der Waals surface area contributed by atoms with E-state index < -0.39 is 5.97 Å². The number of hydrogen-bond acceptors (Lipinski definition) is 4. The minimum Gasteiger partial charge on any atom is -0.452 e. The van der Waals surface area contributed by atoms with Gasteiger partial charge in [0.25, 0.3) is 5.91 Å². The molecular formula is C22H28N2O3. The van der Waals surface area contributed by atoms with Gasteiger partial charge in [-0.15, -0.1) is 0 Å². The maximum Gasteiger partial charge on any atom is 0.338 e. The van der Waals surface area contributed by atoms with Crippen LogP contribution in [0.5, 0.6) is 0 Å². The molecule has 2 aliphatic rings. The van der Waals surface area contributed by atoms with Gasteiger partial charge < -0.3 is 9.64 Å².